The number of nitrogens with zero attached hydrogens (tertiary/aromatic N) is 1. The van der Waals surface area contributed by atoms with Crippen molar-refractivity contribution in [2.24, 2.45) is 5.73 Å². The average Bonchev–Trinajstić information content (AvgIpc) is 3.11. The molecule has 2 aliphatic heterocycles. The van der Waals surface area contributed by atoms with Gasteiger partial charge in [-0.15, -0.1) is 11.3 Å². The molecule has 118 valence electrons. The largest absolute Gasteiger partial charge is 0.347 e. The zero-order valence-electron chi connectivity index (χ0n) is 12.4. The van der Waals surface area contributed by atoms with Crippen molar-refractivity contribution in [1.82, 2.24) is 4.90 Å². The first-order valence-electron chi connectivity index (χ1n) is 7.66. The van der Waals surface area contributed by atoms with Crippen LogP contribution in [-0.2, 0) is 9.47 Å². The Hall–Kier alpha value is 0.0200. The number of piperidine rings is 1. The van der Waals surface area contributed by atoms with Gasteiger partial charge in [0.05, 0.1) is 23.0 Å². The zero-order valence-corrected chi connectivity index (χ0v) is 14.8. The summed E-state index contributed by atoms with van der Waals surface area (Å²) < 4.78 is 12.8. The predicted molar refractivity (Wildman–Crippen MR) is 88.5 cm³/mol. The Labute approximate surface area is 138 Å². The molecule has 2 saturated heterocycles. The van der Waals surface area contributed by atoms with Gasteiger partial charge in [-0.1, -0.05) is 6.92 Å². The fraction of sp³-hybridized carbons (Fsp3) is 0.733. The van der Waals surface area contributed by atoms with Gasteiger partial charge in [0.2, 0.25) is 0 Å². The summed E-state index contributed by atoms with van der Waals surface area (Å²) >= 11 is 5.35. The van der Waals surface area contributed by atoms with Crippen molar-refractivity contribution in [3.8, 4) is 0 Å². The molecule has 0 radical (unpaired) electrons. The van der Waals surface area contributed by atoms with E-state index in [1.54, 1.807) is 11.3 Å². The summed E-state index contributed by atoms with van der Waals surface area (Å²) in [6.07, 6.45) is 2.85. The second-order valence-electron chi connectivity index (χ2n) is 5.80. The number of hydrogen-bond donors (Lipinski definition) is 1. The van der Waals surface area contributed by atoms with Crippen LogP contribution in [0.15, 0.2) is 15.9 Å². The highest BCUT2D eigenvalue weighted by molar-refractivity contribution is 9.11. The van der Waals surface area contributed by atoms with E-state index in [4.69, 9.17) is 15.2 Å². The Bertz CT molecular complexity index is 466. The summed E-state index contributed by atoms with van der Waals surface area (Å²) in [6, 6.07) is 4.77. The molecule has 0 aromatic carbocycles. The molecule has 2 N–H and O–H groups in total. The van der Waals surface area contributed by atoms with Crippen molar-refractivity contribution < 1.29 is 9.47 Å². The first-order valence-corrected chi connectivity index (χ1v) is 9.27. The lowest BCUT2D eigenvalue weighted by molar-refractivity contribution is -0.188. The second-order valence-corrected chi connectivity index (χ2v) is 8.30. The number of likely N-dealkylation sites (tertiary alicyclic amines) is 1. The van der Waals surface area contributed by atoms with Crippen LogP contribution in [0.3, 0.4) is 0 Å². The lowest BCUT2D eigenvalue weighted by Gasteiger charge is -2.42. The second kappa shape index (κ2) is 6.64. The molecule has 0 aliphatic carbocycles. The van der Waals surface area contributed by atoms with Crippen molar-refractivity contribution >= 4 is 27.3 Å². The third kappa shape index (κ3) is 3.35. The van der Waals surface area contributed by atoms with Gasteiger partial charge in [-0.25, -0.2) is 0 Å². The van der Waals surface area contributed by atoms with Gasteiger partial charge in [0.25, 0.3) is 0 Å². The van der Waals surface area contributed by atoms with Gasteiger partial charge in [-0.3, -0.25) is 4.90 Å². The van der Waals surface area contributed by atoms with Crippen LogP contribution in [0.25, 0.3) is 0 Å². The van der Waals surface area contributed by atoms with Crippen LogP contribution in [0, 0.1) is 0 Å². The Balaban J connectivity index is 1.72. The van der Waals surface area contributed by atoms with Crippen LogP contribution < -0.4 is 5.73 Å². The number of nitrogens with two attached hydrogens (primary N) is 1. The summed E-state index contributed by atoms with van der Waals surface area (Å²) in [6.45, 7) is 5.59. The van der Waals surface area contributed by atoms with E-state index in [1.165, 1.54) is 8.66 Å². The summed E-state index contributed by atoms with van der Waals surface area (Å²) in [5.41, 5.74) is 6.42. The van der Waals surface area contributed by atoms with E-state index in [0.717, 1.165) is 45.6 Å². The molecular weight excluding hydrogens is 352 g/mol. The minimum Gasteiger partial charge on any atom is -0.347 e. The van der Waals surface area contributed by atoms with Crippen molar-refractivity contribution in [3.63, 3.8) is 0 Å². The van der Waals surface area contributed by atoms with Crippen LogP contribution >= 0.6 is 27.3 Å². The Kier molecular flexibility index (Phi) is 5.03. The molecule has 2 unspecified atom stereocenters. The van der Waals surface area contributed by atoms with Gasteiger partial charge in [-0.2, -0.15) is 0 Å². The number of ether oxygens (including phenoxy) is 2. The maximum Gasteiger partial charge on any atom is 0.170 e. The fourth-order valence-electron chi connectivity index (χ4n) is 3.30. The number of rotatable bonds is 4. The van der Waals surface area contributed by atoms with Gasteiger partial charge in [-0.05, 0) is 34.5 Å². The molecule has 1 aromatic heterocycles. The summed E-state index contributed by atoms with van der Waals surface area (Å²) in [5.74, 6) is -0.312. The molecule has 3 heterocycles. The molecule has 0 amide bonds. The maximum atomic E-state index is 6.42. The van der Waals surface area contributed by atoms with Crippen molar-refractivity contribution in [2.75, 3.05) is 26.3 Å². The molecule has 6 heteroatoms. The Morgan fingerprint density at radius 2 is 2.00 bits per heavy atom. The first kappa shape index (κ1) is 15.9. The third-order valence-corrected chi connectivity index (χ3v) is 6.22. The Morgan fingerprint density at radius 3 is 2.52 bits per heavy atom. The Morgan fingerprint density at radius 1 is 1.33 bits per heavy atom. The highest BCUT2D eigenvalue weighted by Crippen LogP contribution is 2.38. The number of thiophene rings is 1. The minimum atomic E-state index is -0.312. The highest BCUT2D eigenvalue weighted by atomic mass is 79.9. The topological polar surface area (TPSA) is 47.7 Å². The summed E-state index contributed by atoms with van der Waals surface area (Å²) in [5, 5.41) is 0. The lowest BCUT2D eigenvalue weighted by Crippen LogP contribution is -2.49. The van der Waals surface area contributed by atoms with E-state index in [-0.39, 0.29) is 11.8 Å². The van der Waals surface area contributed by atoms with E-state index in [2.05, 4.69) is 39.9 Å². The summed E-state index contributed by atoms with van der Waals surface area (Å²) in [4.78, 5) is 3.85. The number of hydrogen-bond acceptors (Lipinski definition) is 5. The molecule has 0 saturated carbocycles. The SMILES string of the molecule is CCC(N)C(c1ccc(Br)s1)N1CCC2(CC1)OCCO2. The van der Waals surface area contributed by atoms with E-state index >= 15 is 0 Å². The van der Waals surface area contributed by atoms with Crippen LogP contribution in [0.2, 0.25) is 0 Å². The maximum absolute atomic E-state index is 6.42. The van der Waals surface area contributed by atoms with Crippen molar-refractivity contribution in [3.05, 3.63) is 20.8 Å². The zero-order chi connectivity index (χ0) is 14.9. The molecule has 21 heavy (non-hydrogen) atoms. The molecule has 1 aromatic rings. The molecule has 0 bridgehead atoms. The van der Waals surface area contributed by atoms with Crippen molar-refractivity contribution in [2.45, 2.75) is 44.1 Å². The molecule has 2 fully saturated rings. The van der Waals surface area contributed by atoms with Gasteiger partial charge in [0.15, 0.2) is 5.79 Å². The quantitative estimate of drug-likeness (QED) is 0.879. The molecule has 3 rings (SSSR count). The van der Waals surface area contributed by atoms with Crippen LogP contribution in [-0.4, -0.2) is 43.0 Å². The van der Waals surface area contributed by atoms with E-state index in [9.17, 15) is 0 Å². The average molecular weight is 375 g/mol. The van der Waals surface area contributed by atoms with E-state index < -0.39 is 0 Å². The molecule has 1 spiro atoms. The predicted octanol–water partition coefficient (Wildman–Crippen LogP) is 3.13. The van der Waals surface area contributed by atoms with Crippen LogP contribution in [0.1, 0.15) is 37.1 Å². The molecular formula is C15H23BrN2O2S. The van der Waals surface area contributed by atoms with E-state index in [0.29, 0.717) is 6.04 Å². The molecule has 4 nitrogen and oxygen atoms in total. The van der Waals surface area contributed by atoms with Gasteiger partial charge < -0.3 is 15.2 Å². The monoisotopic (exact) mass is 374 g/mol. The molecule has 2 atom stereocenters. The number of halogens is 1. The van der Waals surface area contributed by atoms with Gasteiger partial charge in [0, 0.05) is 36.9 Å². The van der Waals surface area contributed by atoms with Crippen LogP contribution in [0.5, 0.6) is 0 Å². The van der Waals surface area contributed by atoms with Gasteiger partial charge in [0.1, 0.15) is 0 Å². The highest BCUT2D eigenvalue weighted by Gasteiger charge is 2.42. The smallest absolute Gasteiger partial charge is 0.170 e. The van der Waals surface area contributed by atoms with Gasteiger partial charge >= 0.3 is 0 Å². The third-order valence-electron chi connectivity index (χ3n) is 4.53. The first-order chi connectivity index (χ1) is 10.1. The van der Waals surface area contributed by atoms with Crippen molar-refractivity contribution in [1.29, 1.82) is 0 Å². The minimum absolute atomic E-state index is 0.162. The molecule has 2 aliphatic rings. The van der Waals surface area contributed by atoms with Crippen LogP contribution in [0.4, 0.5) is 0 Å². The van der Waals surface area contributed by atoms with E-state index in [1.807, 2.05) is 0 Å². The standard InChI is InChI=1S/C15H23BrN2O2S/c1-2-11(17)14(12-3-4-13(16)21-12)18-7-5-15(6-8-18)19-9-10-20-15/h3-4,11,14H,2,5-10,17H2,1H3. The summed E-state index contributed by atoms with van der Waals surface area (Å²) in [7, 11) is 0. The lowest BCUT2D eigenvalue weighted by atomic mass is 9.97. The normalized spacial score (nSPS) is 25.3. The fourth-order valence-corrected chi connectivity index (χ4v) is 4.94.